The molecule has 0 spiro atoms. The SMILES string of the molecule is COc1cc(Cl)c(Cl)cc1S(N)(=O)=O. The number of rotatable bonds is 2. The quantitative estimate of drug-likeness (QED) is 0.874. The molecule has 0 bridgehead atoms. The Balaban J connectivity index is 3.51. The van der Waals surface area contributed by atoms with E-state index in [2.05, 4.69) is 0 Å². The Morgan fingerprint density at radius 3 is 2.21 bits per heavy atom. The summed E-state index contributed by atoms with van der Waals surface area (Å²) in [6, 6.07) is 2.45. The lowest BCUT2D eigenvalue weighted by molar-refractivity contribution is 0.403. The van der Waals surface area contributed by atoms with Gasteiger partial charge in [0.05, 0.1) is 17.2 Å². The van der Waals surface area contributed by atoms with Crippen molar-refractivity contribution in [1.82, 2.24) is 0 Å². The topological polar surface area (TPSA) is 69.4 Å². The van der Waals surface area contributed by atoms with Crippen LogP contribution in [0.5, 0.6) is 5.75 Å². The highest BCUT2D eigenvalue weighted by Crippen LogP contribution is 2.32. The van der Waals surface area contributed by atoms with Crippen molar-refractivity contribution in [1.29, 1.82) is 0 Å². The van der Waals surface area contributed by atoms with Crippen LogP contribution in [0, 0.1) is 0 Å². The molecule has 0 fully saturated rings. The molecule has 0 amide bonds. The van der Waals surface area contributed by atoms with Crippen molar-refractivity contribution < 1.29 is 13.2 Å². The van der Waals surface area contributed by atoms with Gasteiger partial charge in [0.2, 0.25) is 10.0 Å². The molecule has 0 atom stereocenters. The van der Waals surface area contributed by atoms with E-state index in [0.717, 1.165) is 6.07 Å². The zero-order valence-corrected chi connectivity index (χ0v) is 9.45. The lowest BCUT2D eigenvalue weighted by Crippen LogP contribution is -2.13. The fourth-order valence-electron chi connectivity index (χ4n) is 0.892. The molecule has 1 aromatic carbocycles. The first kappa shape index (κ1) is 11.6. The summed E-state index contributed by atoms with van der Waals surface area (Å²) in [7, 11) is -2.54. The summed E-state index contributed by atoms with van der Waals surface area (Å²) >= 11 is 11.3. The molecular weight excluding hydrogens is 249 g/mol. The van der Waals surface area contributed by atoms with Gasteiger partial charge in [0.15, 0.2) is 0 Å². The third-order valence-electron chi connectivity index (χ3n) is 1.51. The smallest absolute Gasteiger partial charge is 0.241 e. The third-order valence-corrected chi connectivity index (χ3v) is 3.17. The number of benzene rings is 1. The number of nitrogens with two attached hydrogens (primary N) is 1. The van der Waals surface area contributed by atoms with E-state index in [4.69, 9.17) is 33.1 Å². The van der Waals surface area contributed by atoms with E-state index in [0.29, 0.717) is 0 Å². The van der Waals surface area contributed by atoms with Gasteiger partial charge in [0, 0.05) is 6.07 Å². The fraction of sp³-hybridized carbons (Fsp3) is 0.143. The second-order valence-electron chi connectivity index (χ2n) is 2.46. The summed E-state index contributed by atoms with van der Waals surface area (Å²) in [6.07, 6.45) is 0. The molecule has 7 heteroatoms. The zero-order valence-electron chi connectivity index (χ0n) is 7.12. The summed E-state index contributed by atoms with van der Waals surface area (Å²) in [4.78, 5) is -0.186. The molecule has 78 valence electrons. The van der Waals surface area contributed by atoms with Gasteiger partial charge in [0.1, 0.15) is 10.6 Å². The van der Waals surface area contributed by atoms with Crippen LogP contribution < -0.4 is 9.88 Å². The lowest BCUT2D eigenvalue weighted by Gasteiger charge is -2.07. The van der Waals surface area contributed by atoms with Crippen LogP contribution in [0.15, 0.2) is 17.0 Å². The lowest BCUT2D eigenvalue weighted by atomic mass is 10.3. The second-order valence-corrected chi connectivity index (χ2v) is 4.81. The molecule has 0 aliphatic heterocycles. The van der Waals surface area contributed by atoms with Crippen LogP contribution in [0.3, 0.4) is 0 Å². The molecule has 0 aliphatic carbocycles. The third kappa shape index (κ3) is 2.30. The Bertz CT molecular complexity index is 458. The highest BCUT2D eigenvalue weighted by Gasteiger charge is 2.17. The van der Waals surface area contributed by atoms with E-state index >= 15 is 0 Å². The molecule has 0 aliphatic rings. The molecule has 0 saturated carbocycles. The van der Waals surface area contributed by atoms with Crippen LogP contribution in [0.1, 0.15) is 0 Å². The van der Waals surface area contributed by atoms with Gasteiger partial charge in [-0.25, -0.2) is 13.6 Å². The van der Waals surface area contributed by atoms with Gasteiger partial charge in [-0.15, -0.1) is 0 Å². The Morgan fingerprint density at radius 1 is 1.29 bits per heavy atom. The summed E-state index contributed by atoms with van der Waals surface area (Å²) in [6.45, 7) is 0. The van der Waals surface area contributed by atoms with Gasteiger partial charge < -0.3 is 4.74 Å². The zero-order chi connectivity index (χ0) is 10.9. The molecular formula is C7H7Cl2NO3S. The number of ether oxygens (including phenoxy) is 1. The van der Waals surface area contributed by atoms with E-state index in [1.807, 2.05) is 0 Å². The van der Waals surface area contributed by atoms with Gasteiger partial charge in [0.25, 0.3) is 0 Å². The Kier molecular flexibility index (Phi) is 3.26. The predicted molar refractivity (Wildman–Crippen MR) is 54.4 cm³/mol. The Morgan fingerprint density at radius 2 is 1.79 bits per heavy atom. The van der Waals surface area contributed by atoms with Gasteiger partial charge in [-0.1, -0.05) is 23.2 Å². The summed E-state index contributed by atoms with van der Waals surface area (Å²) in [5.74, 6) is 0.0712. The first-order valence-electron chi connectivity index (χ1n) is 3.42. The standard InChI is InChI=1S/C7H7Cl2NO3S/c1-13-6-2-4(8)5(9)3-7(6)14(10,11)12/h2-3H,1H3,(H2,10,11,12). The van der Waals surface area contributed by atoms with Crippen LogP contribution in [0.4, 0.5) is 0 Å². The van der Waals surface area contributed by atoms with Crippen molar-refractivity contribution in [2.24, 2.45) is 5.14 Å². The number of hydrogen-bond acceptors (Lipinski definition) is 3. The molecule has 0 aromatic heterocycles. The van der Waals surface area contributed by atoms with Crippen molar-refractivity contribution in [2.45, 2.75) is 4.90 Å². The minimum absolute atomic E-state index is 0.0712. The summed E-state index contributed by atoms with van der Waals surface area (Å²) < 4.78 is 26.9. The number of methoxy groups -OCH3 is 1. The minimum atomic E-state index is -3.85. The van der Waals surface area contributed by atoms with Crippen molar-refractivity contribution in [3.8, 4) is 5.75 Å². The van der Waals surface area contributed by atoms with Gasteiger partial charge >= 0.3 is 0 Å². The minimum Gasteiger partial charge on any atom is -0.495 e. The summed E-state index contributed by atoms with van der Waals surface area (Å²) in [5, 5.41) is 5.26. The van der Waals surface area contributed by atoms with E-state index in [-0.39, 0.29) is 20.7 Å². The van der Waals surface area contributed by atoms with Crippen LogP contribution in [0.25, 0.3) is 0 Å². The van der Waals surface area contributed by atoms with Crippen LogP contribution >= 0.6 is 23.2 Å². The molecule has 0 unspecified atom stereocenters. The highest BCUT2D eigenvalue weighted by atomic mass is 35.5. The first-order valence-corrected chi connectivity index (χ1v) is 5.72. The molecule has 1 aromatic rings. The van der Waals surface area contributed by atoms with Crippen LogP contribution in [-0.2, 0) is 10.0 Å². The molecule has 0 heterocycles. The second kappa shape index (κ2) is 3.94. The average molecular weight is 256 g/mol. The van der Waals surface area contributed by atoms with Crippen molar-refractivity contribution >= 4 is 33.2 Å². The highest BCUT2D eigenvalue weighted by molar-refractivity contribution is 7.89. The first-order chi connectivity index (χ1) is 6.36. The number of hydrogen-bond donors (Lipinski definition) is 1. The van der Waals surface area contributed by atoms with Crippen LogP contribution in [-0.4, -0.2) is 15.5 Å². The van der Waals surface area contributed by atoms with E-state index in [1.165, 1.54) is 13.2 Å². The van der Waals surface area contributed by atoms with Crippen molar-refractivity contribution in [3.63, 3.8) is 0 Å². The molecule has 0 saturated heterocycles. The number of halogens is 2. The molecule has 14 heavy (non-hydrogen) atoms. The number of sulfonamides is 1. The van der Waals surface area contributed by atoms with E-state index < -0.39 is 10.0 Å². The van der Waals surface area contributed by atoms with Crippen molar-refractivity contribution in [3.05, 3.63) is 22.2 Å². The molecule has 0 radical (unpaired) electrons. The molecule has 2 N–H and O–H groups in total. The fourth-order valence-corrected chi connectivity index (χ4v) is 1.98. The normalized spacial score (nSPS) is 11.4. The average Bonchev–Trinajstić information content (AvgIpc) is 2.07. The number of primary sulfonamides is 1. The molecule has 4 nitrogen and oxygen atoms in total. The Hall–Kier alpha value is -0.490. The monoisotopic (exact) mass is 255 g/mol. The van der Waals surface area contributed by atoms with Gasteiger partial charge in [-0.3, -0.25) is 0 Å². The van der Waals surface area contributed by atoms with E-state index in [9.17, 15) is 8.42 Å². The van der Waals surface area contributed by atoms with Gasteiger partial charge in [-0.05, 0) is 6.07 Å². The van der Waals surface area contributed by atoms with Crippen molar-refractivity contribution in [2.75, 3.05) is 7.11 Å². The molecule has 1 rings (SSSR count). The summed E-state index contributed by atoms with van der Waals surface area (Å²) in [5.41, 5.74) is 0. The maximum Gasteiger partial charge on any atom is 0.241 e. The maximum absolute atomic E-state index is 11.1. The maximum atomic E-state index is 11.1. The van der Waals surface area contributed by atoms with Crippen LogP contribution in [0.2, 0.25) is 10.0 Å². The largest absolute Gasteiger partial charge is 0.495 e. The predicted octanol–water partition coefficient (Wildman–Crippen LogP) is 1.65. The van der Waals surface area contributed by atoms with E-state index in [1.54, 1.807) is 0 Å². The Labute approximate surface area is 91.6 Å². The van der Waals surface area contributed by atoms with Gasteiger partial charge in [-0.2, -0.15) is 0 Å².